The van der Waals surface area contributed by atoms with E-state index in [1.54, 1.807) is 0 Å². The largest absolute Gasteiger partial charge is 0.368 e. The van der Waals surface area contributed by atoms with Crippen molar-refractivity contribution in [2.45, 2.75) is 44.5 Å². The maximum atomic E-state index is 9.35. The minimum atomic E-state index is -0.528. The van der Waals surface area contributed by atoms with Crippen molar-refractivity contribution < 1.29 is 9.84 Å². The topological polar surface area (TPSA) is 29.5 Å². The summed E-state index contributed by atoms with van der Waals surface area (Å²) in [6.07, 6.45) is 4.74. The molecule has 0 spiro atoms. The van der Waals surface area contributed by atoms with Gasteiger partial charge in [0.15, 0.2) is 6.29 Å². The Balaban J connectivity index is 1.78. The van der Waals surface area contributed by atoms with Crippen LogP contribution >= 0.6 is 0 Å². The lowest BCUT2D eigenvalue weighted by Crippen LogP contribution is -2.27. The van der Waals surface area contributed by atoms with Crippen LogP contribution in [-0.4, -0.2) is 17.5 Å². The Labute approximate surface area is 90.9 Å². The molecule has 2 heteroatoms. The molecule has 0 bridgehead atoms. The quantitative estimate of drug-likeness (QED) is 0.823. The Hall–Kier alpha value is -0.860. The van der Waals surface area contributed by atoms with Gasteiger partial charge in [0, 0.05) is 0 Å². The lowest BCUT2D eigenvalue weighted by Gasteiger charge is -2.26. The fraction of sp³-hybridized carbons (Fsp3) is 0.538. The molecule has 15 heavy (non-hydrogen) atoms. The van der Waals surface area contributed by atoms with Gasteiger partial charge in [0.25, 0.3) is 0 Å². The zero-order valence-electron chi connectivity index (χ0n) is 8.93. The highest BCUT2D eigenvalue weighted by molar-refractivity contribution is 5.14. The summed E-state index contributed by atoms with van der Waals surface area (Å²) >= 11 is 0. The lowest BCUT2D eigenvalue weighted by atomic mass is 10.0. The molecule has 1 heterocycles. The fourth-order valence-electron chi connectivity index (χ4n) is 2.06. The standard InChI is InChI=1S/C13H18O2/c14-13-8-4-7-12(15-13)10-9-11-5-2-1-3-6-11/h1-3,5-6,12-14H,4,7-10H2. The van der Waals surface area contributed by atoms with Gasteiger partial charge in [-0.1, -0.05) is 30.3 Å². The number of hydrogen-bond donors (Lipinski definition) is 1. The molecule has 2 rings (SSSR count). The molecular weight excluding hydrogens is 188 g/mol. The number of aryl methyl sites for hydroxylation is 1. The van der Waals surface area contributed by atoms with Crippen molar-refractivity contribution in [1.29, 1.82) is 0 Å². The SMILES string of the molecule is OC1CCCC(CCc2ccccc2)O1. The first-order valence-electron chi connectivity index (χ1n) is 5.72. The minimum absolute atomic E-state index is 0.244. The van der Waals surface area contributed by atoms with Crippen LogP contribution in [0, 0.1) is 0 Å². The van der Waals surface area contributed by atoms with Crippen LogP contribution in [0.3, 0.4) is 0 Å². The monoisotopic (exact) mass is 206 g/mol. The minimum Gasteiger partial charge on any atom is -0.368 e. The second-order valence-corrected chi connectivity index (χ2v) is 4.17. The van der Waals surface area contributed by atoms with E-state index in [1.165, 1.54) is 5.56 Å². The summed E-state index contributed by atoms with van der Waals surface area (Å²) in [4.78, 5) is 0. The van der Waals surface area contributed by atoms with E-state index in [4.69, 9.17) is 4.74 Å². The van der Waals surface area contributed by atoms with E-state index in [9.17, 15) is 5.11 Å². The Bertz CT molecular complexity index is 284. The molecule has 2 nitrogen and oxygen atoms in total. The first-order valence-corrected chi connectivity index (χ1v) is 5.72. The smallest absolute Gasteiger partial charge is 0.154 e. The molecule has 1 aliphatic rings. The predicted octanol–water partition coefficient (Wildman–Crippen LogP) is 2.51. The molecule has 1 aromatic rings. The van der Waals surface area contributed by atoms with Crippen LogP contribution in [0.25, 0.3) is 0 Å². The third-order valence-corrected chi connectivity index (χ3v) is 2.92. The number of ether oxygens (including phenoxy) is 1. The van der Waals surface area contributed by atoms with Crippen LogP contribution in [0.5, 0.6) is 0 Å². The number of hydrogen-bond acceptors (Lipinski definition) is 2. The molecule has 1 N–H and O–H groups in total. The summed E-state index contributed by atoms with van der Waals surface area (Å²) in [6.45, 7) is 0. The van der Waals surface area contributed by atoms with Gasteiger partial charge in [-0.05, 0) is 37.7 Å². The Morgan fingerprint density at radius 1 is 1.20 bits per heavy atom. The molecule has 2 atom stereocenters. The van der Waals surface area contributed by atoms with E-state index in [2.05, 4.69) is 24.3 Å². The van der Waals surface area contributed by atoms with Crippen molar-refractivity contribution in [2.24, 2.45) is 0 Å². The first kappa shape index (κ1) is 10.7. The molecule has 1 aliphatic heterocycles. The summed E-state index contributed by atoms with van der Waals surface area (Å²) in [5.41, 5.74) is 1.35. The average Bonchev–Trinajstić information content (AvgIpc) is 2.28. The van der Waals surface area contributed by atoms with Crippen LogP contribution < -0.4 is 0 Å². The van der Waals surface area contributed by atoms with Crippen molar-refractivity contribution in [3.63, 3.8) is 0 Å². The second-order valence-electron chi connectivity index (χ2n) is 4.17. The zero-order chi connectivity index (χ0) is 10.5. The summed E-state index contributed by atoms with van der Waals surface area (Å²) in [5, 5.41) is 9.35. The Morgan fingerprint density at radius 2 is 2.00 bits per heavy atom. The van der Waals surface area contributed by atoms with Crippen molar-refractivity contribution in [1.82, 2.24) is 0 Å². The van der Waals surface area contributed by atoms with Gasteiger partial charge in [0.1, 0.15) is 0 Å². The summed E-state index contributed by atoms with van der Waals surface area (Å²) < 4.78 is 5.46. The van der Waals surface area contributed by atoms with Gasteiger partial charge in [0.05, 0.1) is 6.10 Å². The fourth-order valence-corrected chi connectivity index (χ4v) is 2.06. The van der Waals surface area contributed by atoms with Crippen molar-refractivity contribution >= 4 is 0 Å². The van der Waals surface area contributed by atoms with E-state index in [1.807, 2.05) is 6.07 Å². The molecule has 1 saturated heterocycles. The Morgan fingerprint density at radius 3 is 2.73 bits per heavy atom. The molecule has 1 aromatic carbocycles. The van der Waals surface area contributed by atoms with E-state index in [0.717, 1.165) is 32.1 Å². The van der Waals surface area contributed by atoms with Gasteiger partial charge in [-0.2, -0.15) is 0 Å². The highest BCUT2D eigenvalue weighted by Crippen LogP contribution is 2.21. The third-order valence-electron chi connectivity index (χ3n) is 2.92. The van der Waals surface area contributed by atoms with Crippen LogP contribution in [0.4, 0.5) is 0 Å². The van der Waals surface area contributed by atoms with Crippen LogP contribution in [0.1, 0.15) is 31.2 Å². The van der Waals surface area contributed by atoms with Crippen LogP contribution in [0.15, 0.2) is 30.3 Å². The van der Waals surface area contributed by atoms with Gasteiger partial charge in [0.2, 0.25) is 0 Å². The number of aliphatic hydroxyl groups excluding tert-OH is 1. The van der Waals surface area contributed by atoms with Crippen LogP contribution in [0.2, 0.25) is 0 Å². The predicted molar refractivity (Wildman–Crippen MR) is 59.5 cm³/mol. The second kappa shape index (κ2) is 5.29. The van der Waals surface area contributed by atoms with E-state index in [-0.39, 0.29) is 6.10 Å². The van der Waals surface area contributed by atoms with E-state index < -0.39 is 6.29 Å². The van der Waals surface area contributed by atoms with Gasteiger partial charge < -0.3 is 9.84 Å². The number of aliphatic hydroxyl groups is 1. The molecule has 1 fully saturated rings. The molecule has 0 saturated carbocycles. The Kier molecular flexibility index (Phi) is 3.75. The van der Waals surface area contributed by atoms with Crippen LogP contribution in [-0.2, 0) is 11.2 Å². The first-order chi connectivity index (χ1) is 7.34. The van der Waals surface area contributed by atoms with Crippen molar-refractivity contribution in [2.75, 3.05) is 0 Å². The maximum Gasteiger partial charge on any atom is 0.154 e. The molecule has 0 radical (unpaired) electrons. The molecular formula is C13H18O2. The third kappa shape index (κ3) is 3.33. The van der Waals surface area contributed by atoms with Crippen molar-refractivity contribution in [3.05, 3.63) is 35.9 Å². The van der Waals surface area contributed by atoms with E-state index in [0.29, 0.717) is 0 Å². The average molecular weight is 206 g/mol. The van der Waals surface area contributed by atoms with Crippen molar-refractivity contribution in [3.8, 4) is 0 Å². The number of rotatable bonds is 3. The van der Waals surface area contributed by atoms with Gasteiger partial charge in [-0.3, -0.25) is 0 Å². The van der Waals surface area contributed by atoms with E-state index >= 15 is 0 Å². The molecule has 0 aromatic heterocycles. The number of benzene rings is 1. The zero-order valence-corrected chi connectivity index (χ0v) is 8.93. The van der Waals surface area contributed by atoms with Gasteiger partial charge in [-0.15, -0.1) is 0 Å². The maximum absolute atomic E-state index is 9.35. The highest BCUT2D eigenvalue weighted by Gasteiger charge is 2.19. The van der Waals surface area contributed by atoms with Gasteiger partial charge >= 0.3 is 0 Å². The normalized spacial score (nSPS) is 26.5. The van der Waals surface area contributed by atoms with Gasteiger partial charge in [-0.25, -0.2) is 0 Å². The summed E-state index contributed by atoms with van der Waals surface area (Å²) in [6, 6.07) is 10.4. The molecule has 0 aliphatic carbocycles. The summed E-state index contributed by atoms with van der Waals surface area (Å²) in [7, 11) is 0. The molecule has 0 amide bonds. The molecule has 82 valence electrons. The highest BCUT2D eigenvalue weighted by atomic mass is 16.6. The molecule has 2 unspecified atom stereocenters. The lowest BCUT2D eigenvalue weighted by molar-refractivity contribution is -0.163. The summed E-state index contributed by atoms with van der Waals surface area (Å²) in [5.74, 6) is 0.